The van der Waals surface area contributed by atoms with Crippen molar-refractivity contribution in [1.29, 1.82) is 0 Å². The van der Waals surface area contributed by atoms with Gasteiger partial charge in [0.25, 0.3) is 0 Å². The predicted octanol–water partition coefficient (Wildman–Crippen LogP) is 3.83. The lowest BCUT2D eigenvalue weighted by atomic mass is 9.97. The minimum absolute atomic E-state index is 0.103. The van der Waals surface area contributed by atoms with Gasteiger partial charge in [-0.25, -0.2) is 4.98 Å². The Labute approximate surface area is 99.3 Å². The van der Waals surface area contributed by atoms with Crippen LogP contribution in [0.25, 0.3) is 10.2 Å². The summed E-state index contributed by atoms with van der Waals surface area (Å²) in [4.78, 5) is 16.4. The summed E-state index contributed by atoms with van der Waals surface area (Å²) in [5, 5.41) is 1.04. The van der Waals surface area contributed by atoms with Gasteiger partial charge in [-0.2, -0.15) is 0 Å². The van der Waals surface area contributed by atoms with Gasteiger partial charge in [0, 0.05) is 11.5 Å². The third kappa shape index (κ3) is 2.00. The molecule has 1 aromatic carbocycles. The monoisotopic (exact) mass is 233 g/mol. The molecule has 3 heteroatoms. The number of nitrogens with zero attached hydrogens (tertiary/aromatic N) is 1. The van der Waals surface area contributed by atoms with Crippen molar-refractivity contribution in [3.63, 3.8) is 0 Å². The SMILES string of the molecule is CCC(C)C(=O)c1ccc2nc(C)sc2c1. The molecule has 0 spiro atoms. The van der Waals surface area contributed by atoms with Gasteiger partial charge >= 0.3 is 0 Å². The molecule has 2 rings (SSSR count). The van der Waals surface area contributed by atoms with Crippen LogP contribution in [0.4, 0.5) is 0 Å². The number of aromatic nitrogens is 1. The number of Topliss-reactive ketones (excluding diaryl/α,β-unsaturated/α-hetero) is 1. The van der Waals surface area contributed by atoms with E-state index in [0.29, 0.717) is 0 Å². The summed E-state index contributed by atoms with van der Waals surface area (Å²) < 4.78 is 1.10. The Kier molecular flexibility index (Phi) is 3.06. The highest BCUT2D eigenvalue weighted by atomic mass is 32.1. The highest BCUT2D eigenvalue weighted by Gasteiger charge is 2.14. The number of hydrogen-bond acceptors (Lipinski definition) is 3. The lowest BCUT2D eigenvalue weighted by molar-refractivity contribution is 0.0927. The smallest absolute Gasteiger partial charge is 0.165 e. The summed E-state index contributed by atoms with van der Waals surface area (Å²) in [7, 11) is 0. The fourth-order valence-corrected chi connectivity index (χ4v) is 2.53. The molecular formula is C13H15NOS. The summed E-state index contributed by atoms with van der Waals surface area (Å²) in [6.07, 6.45) is 0.887. The first kappa shape index (κ1) is 11.3. The number of hydrogen-bond donors (Lipinski definition) is 0. The first-order valence-electron chi connectivity index (χ1n) is 5.53. The zero-order valence-electron chi connectivity index (χ0n) is 9.78. The van der Waals surface area contributed by atoms with Crippen molar-refractivity contribution in [2.45, 2.75) is 27.2 Å². The van der Waals surface area contributed by atoms with Crippen LogP contribution in [-0.4, -0.2) is 10.8 Å². The number of fused-ring (bicyclic) bond motifs is 1. The molecule has 2 aromatic rings. The van der Waals surface area contributed by atoms with Crippen molar-refractivity contribution < 1.29 is 4.79 Å². The lowest BCUT2D eigenvalue weighted by Gasteiger charge is -2.06. The number of rotatable bonds is 3. The summed E-state index contributed by atoms with van der Waals surface area (Å²) >= 11 is 1.64. The average Bonchev–Trinajstić information content (AvgIpc) is 2.65. The molecule has 0 aliphatic heterocycles. The van der Waals surface area contributed by atoms with Crippen molar-refractivity contribution in [3.05, 3.63) is 28.8 Å². The Morgan fingerprint density at radius 3 is 2.94 bits per heavy atom. The van der Waals surface area contributed by atoms with E-state index in [9.17, 15) is 4.79 Å². The maximum Gasteiger partial charge on any atom is 0.165 e. The van der Waals surface area contributed by atoms with E-state index in [1.54, 1.807) is 11.3 Å². The van der Waals surface area contributed by atoms with Crippen molar-refractivity contribution in [3.8, 4) is 0 Å². The summed E-state index contributed by atoms with van der Waals surface area (Å²) in [6.45, 7) is 6.00. The van der Waals surface area contributed by atoms with E-state index in [0.717, 1.165) is 27.2 Å². The van der Waals surface area contributed by atoms with Crippen LogP contribution in [0.3, 0.4) is 0 Å². The van der Waals surface area contributed by atoms with Gasteiger partial charge in [-0.1, -0.05) is 13.8 Å². The molecule has 1 unspecified atom stereocenters. The second-order valence-electron chi connectivity index (χ2n) is 4.09. The molecule has 0 aliphatic carbocycles. The molecule has 0 aliphatic rings. The fraction of sp³-hybridized carbons (Fsp3) is 0.385. The summed E-state index contributed by atoms with van der Waals surface area (Å²) in [5.74, 6) is 0.335. The van der Waals surface area contributed by atoms with Crippen molar-refractivity contribution in [2.24, 2.45) is 5.92 Å². The topological polar surface area (TPSA) is 30.0 Å². The molecule has 0 amide bonds. The Morgan fingerprint density at radius 2 is 2.25 bits per heavy atom. The number of ketones is 1. The van der Waals surface area contributed by atoms with Gasteiger partial charge in [0.05, 0.1) is 15.2 Å². The maximum absolute atomic E-state index is 12.0. The molecule has 0 fully saturated rings. The quantitative estimate of drug-likeness (QED) is 0.754. The molecule has 2 nitrogen and oxygen atoms in total. The first-order valence-corrected chi connectivity index (χ1v) is 6.35. The highest BCUT2D eigenvalue weighted by Crippen LogP contribution is 2.24. The average molecular weight is 233 g/mol. The Morgan fingerprint density at radius 1 is 1.50 bits per heavy atom. The maximum atomic E-state index is 12.0. The highest BCUT2D eigenvalue weighted by molar-refractivity contribution is 7.18. The summed E-state index contributed by atoms with van der Waals surface area (Å²) in [5.41, 5.74) is 1.80. The largest absolute Gasteiger partial charge is 0.294 e. The molecule has 1 aromatic heterocycles. The summed E-state index contributed by atoms with van der Waals surface area (Å²) in [6, 6.07) is 5.79. The number of thiazole rings is 1. The standard InChI is InChI=1S/C13H15NOS/c1-4-8(2)13(15)10-5-6-11-12(7-10)16-9(3)14-11/h5-8H,4H2,1-3H3. The predicted molar refractivity (Wildman–Crippen MR) is 68.1 cm³/mol. The Hall–Kier alpha value is -1.22. The number of aryl methyl sites for hydroxylation is 1. The number of carbonyl (C=O) groups excluding carboxylic acids is 1. The number of benzene rings is 1. The van der Waals surface area contributed by atoms with E-state index >= 15 is 0 Å². The van der Waals surface area contributed by atoms with Crippen LogP contribution in [-0.2, 0) is 0 Å². The van der Waals surface area contributed by atoms with Crippen LogP contribution in [0.5, 0.6) is 0 Å². The Bertz CT molecular complexity index is 530. The van der Waals surface area contributed by atoms with Gasteiger partial charge in [-0.3, -0.25) is 4.79 Å². The molecule has 84 valence electrons. The van der Waals surface area contributed by atoms with Crippen LogP contribution < -0.4 is 0 Å². The van der Waals surface area contributed by atoms with Crippen LogP contribution in [0.1, 0.15) is 35.6 Å². The zero-order valence-corrected chi connectivity index (χ0v) is 10.6. The Balaban J connectivity index is 2.42. The van der Waals surface area contributed by atoms with Gasteiger partial charge in [-0.15, -0.1) is 11.3 Å². The van der Waals surface area contributed by atoms with Crippen LogP contribution >= 0.6 is 11.3 Å². The molecule has 0 bridgehead atoms. The molecule has 1 heterocycles. The van der Waals surface area contributed by atoms with Gasteiger partial charge in [-0.05, 0) is 31.5 Å². The molecule has 0 N–H and O–H groups in total. The number of carbonyl (C=O) groups is 1. The van der Waals surface area contributed by atoms with Crippen molar-refractivity contribution in [2.75, 3.05) is 0 Å². The zero-order chi connectivity index (χ0) is 11.7. The van der Waals surface area contributed by atoms with Gasteiger partial charge in [0.1, 0.15) is 0 Å². The second kappa shape index (κ2) is 4.34. The van der Waals surface area contributed by atoms with Gasteiger partial charge in [0.2, 0.25) is 0 Å². The molecule has 16 heavy (non-hydrogen) atoms. The first-order chi connectivity index (χ1) is 7.61. The third-order valence-electron chi connectivity index (χ3n) is 2.84. The van der Waals surface area contributed by atoms with E-state index in [2.05, 4.69) is 4.98 Å². The minimum Gasteiger partial charge on any atom is -0.294 e. The van der Waals surface area contributed by atoms with Crippen LogP contribution in [0, 0.1) is 12.8 Å². The minimum atomic E-state index is 0.103. The molecule has 1 atom stereocenters. The second-order valence-corrected chi connectivity index (χ2v) is 5.32. The van der Waals surface area contributed by atoms with Crippen molar-refractivity contribution >= 4 is 27.3 Å². The molecule has 0 radical (unpaired) electrons. The molecular weight excluding hydrogens is 218 g/mol. The lowest BCUT2D eigenvalue weighted by Crippen LogP contribution is -2.09. The van der Waals surface area contributed by atoms with E-state index in [1.807, 2.05) is 39.0 Å². The van der Waals surface area contributed by atoms with Crippen LogP contribution in [0.2, 0.25) is 0 Å². The van der Waals surface area contributed by atoms with E-state index in [4.69, 9.17) is 0 Å². The molecule has 0 saturated heterocycles. The van der Waals surface area contributed by atoms with E-state index in [1.165, 1.54) is 0 Å². The fourth-order valence-electron chi connectivity index (χ4n) is 1.66. The van der Waals surface area contributed by atoms with Gasteiger partial charge in [0.15, 0.2) is 5.78 Å². The van der Waals surface area contributed by atoms with E-state index in [-0.39, 0.29) is 11.7 Å². The van der Waals surface area contributed by atoms with E-state index < -0.39 is 0 Å². The third-order valence-corrected chi connectivity index (χ3v) is 3.77. The van der Waals surface area contributed by atoms with Crippen LogP contribution in [0.15, 0.2) is 18.2 Å². The van der Waals surface area contributed by atoms with Crippen molar-refractivity contribution in [1.82, 2.24) is 4.98 Å². The molecule has 0 saturated carbocycles. The van der Waals surface area contributed by atoms with Gasteiger partial charge < -0.3 is 0 Å². The normalized spacial score (nSPS) is 12.9.